The molecule has 0 aliphatic rings. The Morgan fingerprint density at radius 2 is 0.600 bits per heavy atom. The smallest absolute Gasteiger partial charge is 0.135 e. The molecule has 1 heterocycles. The van der Waals surface area contributed by atoms with Crippen LogP contribution in [0.2, 0.25) is 0 Å². The molecule has 0 fully saturated rings. The van der Waals surface area contributed by atoms with Crippen molar-refractivity contribution in [2.45, 2.75) is 13.8 Å². The third kappa shape index (κ3) is 7.59. The molecule has 3 heteroatoms. The van der Waals surface area contributed by atoms with Crippen LogP contribution in [0.1, 0.15) is 11.1 Å². The zero-order chi connectivity index (χ0) is 50.0. The minimum Gasteiger partial charge on any atom is -0.456 e. The summed E-state index contributed by atoms with van der Waals surface area (Å²) in [7, 11) is 0. The van der Waals surface area contributed by atoms with Gasteiger partial charge in [0.2, 0.25) is 0 Å². The van der Waals surface area contributed by atoms with Crippen LogP contribution in [0.3, 0.4) is 0 Å². The van der Waals surface area contributed by atoms with E-state index in [2.05, 4.69) is 278 Å². The van der Waals surface area contributed by atoms with Crippen molar-refractivity contribution in [2.24, 2.45) is 0 Å². The molecule has 0 radical (unpaired) electrons. The summed E-state index contributed by atoms with van der Waals surface area (Å²) in [4.78, 5) is 4.75. The lowest BCUT2D eigenvalue weighted by Crippen LogP contribution is -2.11. The fourth-order valence-electron chi connectivity index (χ4n) is 11.7. The van der Waals surface area contributed by atoms with E-state index in [0.29, 0.717) is 0 Å². The van der Waals surface area contributed by atoms with E-state index in [1.54, 1.807) is 0 Å². The molecular formula is C72H50N2O. The van der Waals surface area contributed by atoms with Crippen molar-refractivity contribution in [3.63, 3.8) is 0 Å². The van der Waals surface area contributed by atoms with Gasteiger partial charge in [-0.25, -0.2) is 0 Å². The highest BCUT2D eigenvalue weighted by Crippen LogP contribution is 2.45. The number of rotatable bonds is 9. The molecule has 0 atom stereocenters. The summed E-state index contributed by atoms with van der Waals surface area (Å²) in [5.41, 5.74) is 18.1. The summed E-state index contributed by atoms with van der Waals surface area (Å²) in [5.74, 6) is 0. The third-order valence-electron chi connectivity index (χ3n) is 15.3. The van der Waals surface area contributed by atoms with Gasteiger partial charge >= 0.3 is 0 Å². The van der Waals surface area contributed by atoms with Crippen molar-refractivity contribution in [3.05, 3.63) is 278 Å². The minimum atomic E-state index is 0.905. The molecule has 14 aromatic rings. The standard InChI is InChI=1S/C72H50N2O/c1-47-43-54(73(51-17-5-3-6-18-51)52-19-7-4-8-20-52)34-37-57(47)58-38-35-55(44-48(58)2)74(56-36-39-67-65-25-12-11-23-63(65)64-24-13-14-26-66(64)69(67)46-56)53-32-29-49(30-33-53)59-40-41-60(62-22-10-9-21-61(59)62)50-31-42-72-70(45-50)68-27-15-16-28-71(68)75-72/h3-46H,1-2H3. The molecule has 0 spiro atoms. The second-order valence-corrected chi connectivity index (χ2v) is 19.7. The van der Waals surface area contributed by atoms with Crippen molar-refractivity contribution >= 4 is 99.2 Å². The van der Waals surface area contributed by atoms with Crippen molar-refractivity contribution in [2.75, 3.05) is 9.80 Å². The highest BCUT2D eigenvalue weighted by molar-refractivity contribution is 6.26. The summed E-state index contributed by atoms with van der Waals surface area (Å²) in [5, 5.41) is 12.2. The van der Waals surface area contributed by atoms with Crippen molar-refractivity contribution in [1.29, 1.82) is 0 Å². The van der Waals surface area contributed by atoms with Gasteiger partial charge < -0.3 is 14.2 Å². The first kappa shape index (κ1) is 44.0. The number of anilines is 6. The molecular weight excluding hydrogens is 909 g/mol. The van der Waals surface area contributed by atoms with Gasteiger partial charge in [-0.3, -0.25) is 0 Å². The molecule has 75 heavy (non-hydrogen) atoms. The Hall–Kier alpha value is -9.70. The van der Waals surface area contributed by atoms with E-state index in [-0.39, 0.29) is 0 Å². The Bertz CT molecular complexity index is 4420. The normalized spacial score (nSPS) is 11.6. The lowest BCUT2D eigenvalue weighted by Gasteiger charge is -2.28. The molecule has 14 rings (SSSR count). The highest BCUT2D eigenvalue weighted by Gasteiger charge is 2.20. The first-order chi connectivity index (χ1) is 37.0. The van der Waals surface area contributed by atoms with Crippen LogP contribution < -0.4 is 9.80 Å². The summed E-state index contributed by atoms with van der Waals surface area (Å²) in [6.07, 6.45) is 0. The van der Waals surface area contributed by atoms with Crippen molar-refractivity contribution < 1.29 is 4.42 Å². The summed E-state index contributed by atoms with van der Waals surface area (Å²) in [6, 6.07) is 97.1. The Kier molecular flexibility index (Phi) is 10.6. The van der Waals surface area contributed by atoms with Gasteiger partial charge in [0.1, 0.15) is 11.2 Å². The largest absolute Gasteiger partial charge is 0.456 e. The van der Waals surface area contributed by atoms with Crippen molar-refractivity contribution in [1.82, 2.24) is 0 Å². The Morgan fingerprint density at radius 3 is 1.16 bits per heavy atom. The number of para-hydroxylation sites is 3. The Balaban J connectivity index is 0.872. The van der Waals surface area contributed by atoms with E-state index in [0.717, 1.165) is 61.6 Å². The Morgan fingerprint density at radius 1 is 0.227 bits per heavy atom. The van der Waals surface area contributed by atoms with Crippen LogP contribution >= 0.6 is 0 Å². The van der Waals surface area contributed by atoms with E-state index >= 15 is 0 Å². The molecule has 3 nitrogen and oxygen atoms in total. The lowest BCUT2D eigenvalue weighted by molar-refractivity contribution is 0.669. The summed E-state index contributed by atoms with van der Waals surface area (Å²) in [6.45, 7) is 4.48. The predicted octanol–water partition coefficient (Wildman–Crippen LogP) is 20.8. The molecule has 13 aromatic carbocycles. The van der Waals surface area contributed by atoms with Gasteiger partial charge in [0.05, 0.1) is 0 Å². The number of aryl methyl sites for hydroxylation is 2. The zero-order valence-electron chi connectivity index (χ0n) is 41.7. The van der Waals surface area contributed by atoms with Gasteiger partial charge in [-0.2, -0.15) is 0 Å². The Labute approximate surface area is 436 Å². The maximum absolute atomic E-state index is 6.20. The van der Waals surface area contributed by atoms with Gasteiger partial charge in [-0.05, 0) is 192 Å². The number of fused-ring (bicyclic) bond motifs is 10. The quantitative estimate of drug-likeness (QED) is 0.134. The fourth-order valence-corrected chi connectivity index (χ4v) is 11.7. The van der Waals surface area contributed by atoms with Crippen LogP contribution in [-0.4, -0.2) is 0 Å². The van der Waals surface area contributed by atoms with Crippen LogP contribution in [0.15, 0.2) is 271 Å². The third-order valence-corrected chi connectivity index (χ3v) is 15.3. The van der Waals surface area contributed by atoms with Gasteiger partial charge in [0.15, 0.2) is 0 Å². The second-order valence-electron chi connectivity index (χ2n) is 19.7. The maximum Gasteiger partial charge on any atom is 0.135 e. The number of nitrogens with zero attached hydrogens (tertiary/aromatic N) is 2. The maximum atomic E-state index is 6.20. The zero-order valence-corrected chi connectivity index (χ0v) is 41.7. The van der Waals surface area contributed by atoms with Crippen LogP contribution in [0.4, 0.5) is 34.1 Å². The minimum absolute atomic E-state index is 0.905. The molecule has 0 bridgehead atoms. The van der Waals surface area contributed by atoms with Gasteiger partial charge in [0.25, 0.3) is 0 Å². The summed E-state index contributed by atoms with van der Waals surface area (Å²) < 4.78 is 6.20. The fraction of sp³-hybridized carbons (Fsp3) is 0.0278. The summed E-state index contributed by atoms with van der Waals surface area (Å²) >= 11 is 0. The average molecular weight is 959 g/mol. The SMILES string of the molecule is Cc1cc(N(c2ccccc2)c2ccccc2)ccc1-c1ccc(N(c2ccc(-c3ccc(-c4ccc5oc6ccccc6c5c4)c4ccccc34)cc2)c2ccc3c4ccccc4c4ccccc4c3c2)cc1C. The van der Waals surface area contributed by atoms with Crippen molar-refractivity contribution in [3.8, 4) is 33.4 Å². The molecule has 0 aliphatic heterocycles. The van der Waals surface area contributed by atoms with E-state index in [1.807, 2.05) is 12.1 Å². The number of benzene rings is 13. The topological polar surface area (TPSA) is 19.6 Å². The van der Waals surface area contributed by atoms with Gasteiger partial charge in [-0.1, -0.05) is 176 Å². The van der Waals surface area contributed by atoms with Crippen LogP contribution in [-0.2, 0) is 0 Å². The monoisotopic (exact) mass is 958 g/mol. The molecule has 1 aromatic heterocycles. The highest BCUT2D eigenvalue weighted by atomic mass is 16.3. The van der Waals surface area contributed by atoms with Crippen LogP contribution in [0.5, 0.6) is 0 Å². The van der Waals surface area contributed by atoms with E-state index in [4.69, 9.17) is 4.42 Å². The second kappa shape index (κ2) is 18.1. The van der Waals surface area contributed by atoms with E-state index in [9.17, 15) is 0 Å². The molecule has 0 amide bonds. The molecule has 354 valence electrons. The number of furan rings is 1. The first-order valence-corrected chi connectivity index (χ1v) is 25.8. The molecule has 0 aliphatic carbocycles. The van der Waals surface area contributed by atoms with Crippen LogP contribution in [0, 0.1) is 13.8 Å². The number of hydrogen-bond donors (Lipinski definition) is 0. The molecule has 0 saturated heterocycles. The van der Waals surface area contributed by atoms with E-state index < -0.39 is 0 Å². The molecule has 0 N–H and O–H groups in total. The van der Waals surface area contributed by atoms with Gasteiger partial charge in [-0.15, -0.1) is 0 Å². The average Bonchev–Trinajstić information content (AvgIpc) is 3.84. The van der Waals surface area contributed by atoms with E-state index in [1.165, 1.54) is 82.0 Å². The number of hydrogen-bond acceptors (Lipinski definition) is 3. The lowest BCUT2D eigenvalue weighted by atomic mass is 9.91. The molecule has 0 unspecified atom stereocenters. The van der Waals surface area contributed by atoms with Crippen LogP contribution in [0.25, 0.3) is 98.4 Å². The first-order valence-electron chi connectivity index (χ1n) is 25.8. The predicted molar refractivity (Wildman–Crippen MR) is 319 cm³/mol. The molecule has 0 saturated carbocycles. The van der Waals surface area contributed by atoms with Gasteiger partial charge in [0, 0.05) is 44.9 Å².